The van der Waals surface area contributed by atoms with Crippen LogP contribution in [-0.2, 0) is 14.4 Å². The second-order valence-corrected chi connectivity index (χ2v) is 8.75. The number of halogens is 2. The van der Waals surface area contributed by atoms with E-state index in [-0.39, 0.29) is 54.4 Å². The number of hydrogen-bond acceptors (Lipinski definition) is 3. The molecule has 27 heavy (non-hydrogen) atoms. The van der Waals surface area contributed by atoms with Crippen LogP contribution in [-0.4, -0.2) is 29.2 Å². The molecule has 0 radical (unpaired) electrons. The zero-order chi connectivity index (χ0) is 18.9. The molecule has 0 aromatic heterocycles. The first-order valence-electron chi connectivity index (χ1n) is 9.24. The molecule has 1 aromatic rings. The van der Waals surface area contributed by atoms with Crippen LogP contribution in [0, 0.1) is 35.5 Å². The first kappa shape index (κ1) is 17.3. The molecule has 7 heteroatoms. The van der Waals surface area contributed by atoms with Crippen molar-refractivity contribution >= 4 is 46.6 Å². The molecule has 1 N–H and O–H groups in total. The summed E-state index contributed by atoms with van der Waals surface area (Å²) in [6, 6.07) is 4.80. The van der Waals surface area contributed by atoms with Crippen LogP contribution in [0.4, 0.5) is 5.69 Å². The third-order valence-electron chi connectivity index (χ3n) is 6.52. The fourth-order valence-corrected chi connectivity index (χ4v) is 5.71. The smallest absolute Gasteiger partial charge is 0.233 e. The predicted octanol–water partition coefficient (Wildman–Crippen LogP) is 3.38. The molecule has 1 saturated heterocycles. The molecule has 4 aliphatic carbocycles. The van der Waals surface area contributed by atoms with Gasteiger partial charge in [0.15, 0.2) is 0 Å². The van der Waals surface area contributed by atoms with Crippen LogP contribution in [0.1, 0.15) is 12.8 Å². The molecule has 2 saturated carbocycles. The van der Waals surface area contributed by atoms with Gasteiger partial charge in [-0.3, -0.25) is 19.3 Å². The number of likely N-dealkylation sites (tertiary alicyclic amines) is 1. The lowest BCUT2D eigenvalue weighted by molar-refractivity contribution is -0.140. The molecule has 5 aliphatic rings. The van der Waals surface area contributed by atoms with E-state index < -0.39 is 0 Å². The molecular formula is C20H18Cl2N2O3. The van der Waals surface area contributed by atoms with E-state index in [0.29, 0.717) is 27.6 Å². The molecule has 140 valence electrons. The van der Waals surface area contributed by atoms with E-state index in [2.05, 4.69) is 17.5 Å². The van der Waals surface area contributed by atoms with Gasteiger partial charge in [0.25, 0.3) is 0 Å². The highest BCUT2D eigenvalue weighted by atomic mass is 35.5. The minimum atomic E-state index is -0.293. The number of carbonyl (C=O) groups excluding carboxylic acids is 3. The number of amides is 3. The van der Waals surface area contributed by atoms with Crippen LogP contribution in [0.2, 0.25) is 10.0 Å². The van der Waals surface area contributed by atoms with Crippen LogP contribution >= 0.6 is 23.2 Å². The normalized spacial score (nSPS) is 35.3. The highest BCUT2D eigenvalue weighted by Gasteiger charge is 2.66. The van der Waals surface area contributed by atoms with Crippen LogP contribution in [0.3, 0.4) is 0 Å². The van der Waals surface area contributed by atoms with E-state index in [1.807, 2.05) is 0 Å². The fraction of sp³-hybridized carbons (Fsp3) is 0.450. The van der Waals surface area contributed by atoms with Gasteiger partial charge in [-0.15, -0.1) is 0 Å². The largest absolute Gasteiger partial charge is 0.325 e. The van der Waals surface area contributed by atoms with Gasteiger partial charge in [0, 0.05) is 18.0 Å². The van der Waals surface area contributed by atoms with Gasteiger partial charge in [-0.2, -0.15) is 0 Å². The summed E-state index contributed by atoms with van der Waals surface area (Å²) in [5.41, 5.74) is 0.459. The molecular weight excluding hydrogens is 387 g/mol. The van der Waals surface area contributed by atoms with Crippen molar-refractivity contribution in [1.29, 1.82) is 0 Å². The number of benzene rings is 1. The number of carbonyl (C=O) groups is 3. The van der Waals surface area contributed by atoms with Crippen molar-refractivity contribution in [1.82, 2.24) is 4.90 Å². The monoisotopic (exact) mass is 404 g/mol. The maximum Gasteiger partial charge on any atom is 0.233 e. The summed E-state index contributed by atoms with van der Waals surface area (Å²) in [5.74, 6) is 0.621. The second kappa shape index (κ2) is 6.08. The van der Waals surface area contributed by atoms with Crippen molar-refractivity contribution in [3.63, 3.8) is 0 Å². The Bertz CT molecular complexity index is 863. The standard InChI is InChI=1S/C20H18Cl2N2O3/c21-9-1-4-15(14(22)7-9)23-16(25)5-6-24-19(26)17-10-2-3-11(13-8-12(10)13)18(17)20(24)27/h1-4,7,10-13,17-18H,5-6,8H2,(H,23,25)/t10-,11-,12-,13-,17+,18+/m1/s1. The number of nitrogens with zero attached hydrogens (tertiary/aromatic N) is 1. The Labute approximate surface area is 166 Å². The zero-order valence-electron chi connectivity index (χ0n) is 14.4. The number of hydrogen-bond donors (Lipinski definition) is 1. The van der Waals surface area contributed by atoms with Crippen molar-refractivity contribution in [2.45, 2.75) is 12.8 Å². The SMILES string of the molecule is O=C(CCN1C(=O)[C@H]2[C@@H]3C=C[C@H]([C@H]4C[C@H]34)[C@@H]2C1=O)Nc1ccc(Cl)cc1Cl. The molecule has 6 rings (SSSR count). The lowest BCUT2D eigenvalue weighted by Crippen LogP contribution is -2.40. The lowest BCUT2D eigenvalue weighted by atomic mass is 9.63. The highest BCUT2D eigenvalue weighted by molar-refractivity contribution is 6.36. The molecule has 1 aromatic carbocycles. The van der Waals surface area contributed by atoms with Crippen LogP contribution in [0.15, 0.2) is 30.4 Å². The van der Waals surface area contributed by atoms with E-state index in [4.69, 9.17) is 23.2 Å². The first-order valence-corrected chi connectivity index (χ1v) is 10.00. The molecule has 0 unspecified atom stereocenters. The predicted molar refractivity (Wildman–Crippen MR) is 101 cm³/mol. The average molecular weight is 405 g/mol. The van der Waals surface area contributed by atoms with Crippen LogP contribution in [0.25, 0.3) is 0 Å². The zero-order valence-corrected chi connectivity index (χ0v) is 15.9. The molecule has 3 fully saturated rings. The molecule has 1 aliphatic heterocycles. The first-order chi connectivity index (χ1) is 13.0. The Balaban J connectivity index is 1.25. The summed E-state index contributed by atoms with van der Waals surface area (Å²) in [6.07, 6.45) is 5.47. The summed E-state index contributed by atoms with van der Waals surface area (Å²) in [6.45, 7) is 0.108. The summed E-state index contributed by atoms with van der Waals surface area (Å²) >= 11 is 11.9. The molecule has 0 spiro atoms. The molecule has 5 nitrogen and oxygen atoms in total. The minimum Gasteiger partial charge on any atom is -0.325 e. The van der Waals surface area contributed by atoms with Crippen molar-refractivity contribution in [2.75, 3.05) is 11.9 Å². The summed E-state index contributed by atoms with van der Waals surface area (Å²) in [5, 5.41) is 3.53. The van der Waals surface area contributed by atoms with Gasteiger partial charge < -0.3 is 5.32 Å². The molecule has 6 atom stereocenters. The Morgan fingerprint density at radius 1 is 1.07 bits per heavy atom. The topological polar surface area (TPSA) is 66.5 Å². The highest BCUT2D eigenvalue weighted by Crippen LogP contribution is 2.65. The fourth-order valence-electron chi connectivity index (χ4n) is 5.26. The molecule has 2 bridgehead atoms. The average Bonchev–Trinajstić information content (AvgIpc) is 3.41. The third kappa shape index (κ3) is 2.63. The van der Waals surface area contributed by atoms with E-state index in [0.717, 1.165) is 6.42 Å². The quantitative estimate of drug-likeness (QED) is 0.617. The summed E-state index contributed by atoms with van der Waals surface area (Å²) in [7, 11) is 0. The maximum absolute atomic E-state index is 12.9. The van der Waals surface area contributed by atoms with Gasteiger partial charge in [0.2, 0.25) is 17.7 Å². The lowest BCUT2D eigenvalue weighted by Gasteiger charge is -2.37. The van der Waals surface area contributed by atoms with Crippen molar-refractivity contribution in [3.05, 3.63) is 40.4 Å². The molecule has 1 heterocycles. The van der Waals surface area contributed by atoms with Gasteiger partial charge in [-0.05, 0) is 48.3 Å². The van der Waals surface area contributed by atoms with Gasteiger partial charge in [0.1, 0.15) is 0 Å². The van der Waals surface area contributed by atoms with Crippen LogP contribution < -0.4 is 5.32 Å². The second-order valence-electron chi connectivity index (χ2n) is 7.91. The molecule has 3 amide bonds. The number of imide groups is 1. The van der Waals surface area contributed by atoms with Gasteiger partial charge >= 0.3 is 0 Å². The van der Waals surface area contributed by atoms with E-state index in [1.54, 1.807) is 18.2 Å². The van der Waals surface area contributed by atoms with Gasteiger partial charge in [-0.25, -0.2) is 0 Å². The Hall–Kier alpha value is -1.85. The summed E-state index contributed by atoms with van der Waals surface area (Å²) in [4.78, 5) is 39.3. The van der Waals surface area contributed by atoms with Crippen LogP contribution in [0.5, 0.6) is 0 Å². The minimum absolute atomic E-state index is 0.0471. The number of allylic oxidation sites excluding steroid dienone is 2. The third-order valence-corrected chi connectivity index (χ3v) is 7.07. The van der Waals surface area contributed by atoms with Crippen molar-refractivity contribution in [3.8, 4) is 0 Å². The van der Waals surface area contributed by atoms with Gasteiger partial charge in [-0.1, -0.05) is 35.4 Å². The number of rotatable bonds is 4. The van der Waals surface area contributed by atoms with Crippen molar-refractivity contribution < 1.29 is 14.4 Å². The van der Waals surface area contributed by atoms with E-state index in [1.165, 1.54) is 4.90 Å². The Morgan fingerprint density at radius 2 is 1.70 bits per heavy atom. The van der Waals surface area contributed by atoms with E-state index >= 15 is 0 Å². The van der Waals surface area contributed by atoms with E-state index in [9.17, 15) is 14.4 Å². The van der Waals surface area contributed by atoms with Crippen molar-refractivity contribution in [2.24, 2.45) is 35.5 Å². The maximum atomic E-state index is 12.9. The Morgan fingerprint density at radius 3 is 2.30 bits per heavy atom. The Kier molecular flexibility index (Phi) is 3.89. The number of nitrogens with one attached hydrogen (secondary N) is 1. The van der Waals surface area contributed by atoms with Gasteiger partial charge in [0.05, 0.1) is 22.5 Å². The number of anilines is 1. The summed E-state index contributed by atoms with van der Waals surface area (Å²) < 4.78 is 0.